The predicted octanol–water partition coefficient (Wildman–Crippen LogP) is 0.362. The van der Waals surface area contributed by atoms with E-state index in [4.69, 9.17) is 14.6 Å². The van der Waals surface area contributed by atoms with Gasteiger partial charge in [-0.1, -0.05) is 5.16 Å². The lowest BCUT2D eigenvalue weighted by molar-refractivity contribution is -0.167. The summed E-state index contributed by atoms with van der Waals surface area (Å²) in [4.78, 5) is 16.7. The molecule has 0 saturated carbocycles. The first-order chi connectivity index (χ1) is 7.59. The van der Waals surface area contributed by atoms with Gasteiger partial charge in [-0.25, -0.2) is 4.79 Å². The molecule has 16 heavy (non-hydrogen) atoms. The Morgan fingerprint density at radius 3 is 2.50 bits per heavy atom. The number of methoxy groups -OCH3 is 2. The molecule has 1 N–H and O–H groups in total. The molecule has 1 fully saturated rings. The number of ether oxygens (including phenoxy) is 2. The highest BCUT2D eigenvalue weighted by Gasteiger charge is 2.43. The minimum Gasteiger partial charge on any atom is -0.465 e. The molecule has 7 nitrogen and oxygen atoms in total. The molecule has 1 rings (SSSR count). The molecule has 1 aliphatic rings. The van der Waals surface area contributed by atoms with Crippen molar-refractivity contribution >= 4 is 11.8 Å². The second-order valence-corrected chi connectivity index (χ2v) is 3.34. The van der Waals surface area contributed by atoms with Gasteiger partial charge in [0, 0.05) is 27.2 Å². The third-order valence-corrected chi connectivity index (χ3v) is 2.62. The van der Waals surface area contributed by atoms with Gasteiger partial charge in [-0.15, -0.1) is 0 Å². The van der Waals surface area contributed by atoms with Crippen LogP contribution in [0, 0.1) is 0 Å². The van der Waals surface area contributed by atoms with Gasteiger partial charge in [0.25, 0.3) is 0 Å². The van der Waals surface area contributed by atoms with E-state index >= 15 is 0 Å². The molecule has 0 aromatic rings. The maximum absolute atomic E-state index is 10.8. The zero-order valence-electron chi connectivity index (χ0n) is 9.60. The van der Waals surface area contributed by atoms with Crippen LogP contribution in [-0.4, -0.2) is 62.0 Å². The molecule has 0 aromatic carbocycles. The smallest absolute Gasteiger partial charge is 0.407 e. The average Bonchev–Trinajstić information content (AvgIpc) is 2.29. The zero-order valence-corrected chi connectivity index (χ0v) is 9.60. The van der Waals surface area contributed by atoms with Crippen molar-refractivity contribution in [2.24, 2.45) is 5.16 Å². The second-order valence-electron chi connectivity index (χ2n) is 3.34. The van der Waals surface area contributed by atoms with Crippen molar-refractivity contribution in [1.29, 1.82) is 0 Å². The number of carboxylic acid groups (broad SMARTS) is 1. The number of oxime groups is 1. The van der Waals surface area contributed by atoms with Gasteiger partial charge in [-0.2, -0.15) is 0 Å². The minimum atomic E-state index is -0.996. The first-order valence-corrected chi connectivity index (χ1v) is 4.78. The molecule has 0 unspecified atom stereocenters. The van der Waals surface area contributed by atoms with E-state index in [-0.39, 0.29) is 6.54 Å². The van der Waals surface area contributed by atoms with Gasteiger partial charge >= 0.3 is 6.09 Å². The Kier molecular flexibility index (Phi) is 4.08. The van der Waals surface area contributed by atoms with Crippen molar-refractivity contribution in [3.63, 3.8) is 0 Å². The summed E-state index contributed by atoms with van der Waals surface area (Å²) in [6.45, 7) is 0.449. The van der Waals surface area contributed by atoms with Gasteiger partial charge < -0.3 is 24.3 Å². The number of rotatable bonds is 3. The largest absolute Gasteiger partial charge is 0.465 e. The van der Waals surface area contributed by atoms with Gasteiger partial charge in [0.2, 0.25) is 5.79 Å². The number of hydrogen-bond acceptors (Lipinski definition) is 5. The van der Waals surface area contributed by atoms with Crippen LogP contribution in [0.2, 0.25) is 0 Å². The Balaban J connectivity index is 2.91. The van der Waals surface area contributed by atoms with E-state index in [0.717, 1.165) is 0 Å². The topological polar surface area (TPSA) is 80.6 Å². The molecule has 0 spiro atoms. The van der Waals surface area contributed by atoms with Crippen LogP contribution in [0.5, 0.6) is 0 Å². The van der Waals surface area contributed by atoms with E-state index in [0.29, 0.717) is 18.7 Å². The van der Waals surface area contributed by atoms with Crippen LogP contribution in [0.25, 0.3) is 0 Å². The van der Waals surface area contributed by atoms with E-state index in [1.165, 1.54) is 26.2 Å². The van der Waals surface area contributed by atoms with Gasteiger partial charge in [-0.3, -0.25) is 0 Å². The van der Waals surface area contributed by atoms with Gasteiger partial charge in [0.1, 0.15) is 12.8 Å². The van der Waals surface area contributed by atoms with Crippen LogP contribution in [0.15, 0.2) is 5.16 Å². The van der Waals surface area contributed by atoms with Gasteiger partial charge in [-0.05, 0) is 0 Å². The van der Waals surface area contributed by atoms with E-state index in [9.17, 15) is 4.79 Å². The van der Waals surface area contributed by atoms with E-state index < -0.39 is 11.9 Å². The summed E-state index contributed by atoms with van der Waals surface area (Å²) < 4.78 is 10.5. The number of piperidine rings is 1. The van der Waals surface area contributed by atoms with Crippen molar-refractivity contribution in [3.8, 4) is 0 Å². The highest BCUT2D eigenvalue weighted by atomic mass is 16.7. The Bertz CT molecular complexity index is 288. The molecular formula is C9H16N2O5. The van der Waals surface area contributed by atoms with Crippen molar-refractivity contribution in [2.75, 3.05) is 34.4 Å². The van der Waals surface area contributed by atoms with E-state index in [1.54, 1.807) is 0 Å². The maximum atomic E-state index is 10.8. The van der Waals surface area contributed by atoms with Crippen molar-refractivity contribution < 1.29 is 24.2 Å². The number of carbonyl (C=O) groups is 1. The summed E-state index contributed by atoms with van der Waals surface area (Å²) >= 11 is 0. The minimum absolute atomic E-state index is 0.116. The van der Waals surface area contributed by atoms with E-state index in [1.807, 2.05) is 0 Å². The molecular weight excluding hydrogens is 216 g/mol. The fraction of sp³-hybridized carbons (Fsp3) is 0.778. The Morgan fingerprint density at radius 1 is 1.44 bits per heavy atom. The molecule has 0 aliphatic carbocycles. The molecule has 1 amide bonds. The molecule has 1 aliphatic heterocycles. The summed E-state index contributed by atoms with van der Waals surface area (Å²) in [6.07, 6.45) is -0.612. The van der Waals surface area contributed by atoms with Crippen molar-refractivity contribution in [3.05, 3.63) is 0 Å². The third kappa shape index (κ3) is 2.25. The van der Waals surface area contributed by atoms with Crippen LogP contribution < -0.4 is 0 Å². The Morgan fingerprint density at radius 2 is 2.06 bits per heavy atom. The standard InChI is InChI=1S/C9H16N2O5/c1-14-9(15-2)4-5-11(8(12)13)6-7(9)10-16-3/h4-6H2,1-3H3,(H,12,13)/b10-7+. The van der Waals surface area contributed by atoms with E-state index in [2.05, 4.69) is 9.99 Å². The molecule has 7 heteroatoms. The van der Waals surface area contributed by atoms with Crippen LogP contribution in [0.4, 0.5) is 4.79 Å². The molecule has 0 aromatic heterocycles. The lowest BCUT2D eigenvalue weighted by Gasteiger charge is -2.38. The molecule has 0 radical (unpaired) electrons. The monoisotopic (exact) mass is 232 g/mol. The zero-order chi connectivity index (χ0) is 12.2. The summed E-state index contributed by atoms with van der Waals surface area (Å²) in [6, 6.07) is 0. The third-order valence-electron chi connectivity index (χ3n) is 2.62. The SMILES string of the molecule is CO/N=C1\CN(C(=O)O)CCC1(OC)OC. The summed E-state index contributed by atoms with van der Waals surface area (Å²) in [5.41, 5.74) is 0.411. The fourth-order valence-electron chi connectivity index (χ4n) is 1.70. The Hall–Kier alpha value is -1.34. The highest BCUT2D eigenvalue weighted by Crippen LogP contribution is 2.24. The molecule has 0 atom stereocenters. The molecule has 0 bridgehead atoms. The van der Waals surface area contributed by atoms with Crippen LogP contribution >= 0.6 is 0 Å². The number of hydrogen-bond donors (Lipinski definition) is 1. The molecule has 1 heterocycles. The lowest BCUT2D eigenvalue weighted by Crippen LogP contribution is -2.56. The van der Waals surface area contributed by atoms with Crippen molar-refractivity contribution in [1.82, 2.24) is 4.90 Å². The van der Waals surface area contributed by atoms with Gasteiger partial charge in [0.05, 0.1) is 6.54 Å². The quantitative estimate of drug-likeness (QED) is 0.561. The molecule has 92 valence electrons. The second kappa shape index (κ2) is 5.13. The Labute approximate surface area is 93.6 Å². The number of nitrogens with zero attached hydrogens (tertiary/aromatic N) is 2. The number of likely N-dealkylation sites (tertiary alicyclic amines) is 1. The fourth-order valence-corrected chi connectivity index (χ4v) is 1.70. The predicted molar refractivity (Wildman–Crippen MR) is 55.4 cm³/mol. The van der Waals surface area contributed by atoms with Crippen LogP contribution in [0.3, 0.4) is 0 Å². The van der Waals surface area contributed by atoms with Crippen LogP contribution in [0.1, 0.15) is 6.42 Å². The van der Waals surface area contributed by atoms with Crippen molar-refractivity contribution in [2.45, 2.75) is 12.2 Å². The highest BCUT2D eigenvalue weighted by molar-refractivity contribution is 5.95. The number of amides is 1. The first-order valence-electron chi connectivity index (χ1n) is 4.78. The maximum Gasteiger partial charge on any atom is 0.407 e. The summed E-state index contributed by atoms with van der Waals surface area (Å²) in [7, 11) is 4.37. The normalized spacial score (nSPS) is 22.2. The van der Waals surface area contributed by atoms with Crippen LogP contribution in [-0.2, 0) is 14.3 Å². The first kappa shape index (κ1) is 12.7. The summed E-state index contributed by atoms with van der Waals surface area (Å²) in [5.74, 6) is -0.984. The average molecular weight is 232 g/mol. The molecule has 1 saturated heterocycles. The summed E-state index contributed by atoms with van der Waals surface area (Å²) in [5, 5.41) is 12.7. The van der Waals surface area contributed by atoms with Gasteiger partial charge in [0.15, 0.2) is 0 Å². The lowest BCUT2D eigenvalue weighted by atomic mass is 10.0.